The maximum atomic E-state index is 10.8. The van der Waals surface area contributed by atoms with Gasteiger partial charge < -0.3 is 5.61 Å². The van der Waals surface area contributed by atoms with E-state index in [2.05, 4.69) is 4.18 Å². The van der Waals surface area contributed by atoms with Crippen LogP contribution >= 0.6 is 11.6 Å². The molecule has 0 aliphatic carbocycles. The zero-order valence-corrected chi connectivity index (χ0v) is 13.3. The van der Waals surface area contributed by atoms with Crippen LogP contribution in [0, 0.1) is 0 Å². The van der Waals surface area contributed by atoms with Gasteiger partial charge in [0.15, 0.2) is 5.75 Å². The number of halogens is 1. The van der Waals surface area contributed by atoms with Crippen molar-refractivity contribution in [1.82, 2.24) is 0 Å². The van der Waals surface area contributed by atoms with Crippen molar-refractivity contribution in [2.24, 2.45) is 0 Å². The van der Waals surface area contributed by atoms with E-state index in [1.54, 1.807) is 0 Å². The maximum Gasteiger partial charge on any atom is 1.00 e. The van der Waals surface area contributed by atoms with Crippen molar-refractivity contribution in [2.45, 2.75) is 4.90 Å². The predicted octanol–water partition coefficient (Wildman–Crippen LogP) is -1.96. The van der Waals surface area contributed by atoms with Crippen LogP contribution in [-0.4, -0.2) is 27.6 Å². The monoisotopic (exact) mass is 310 g/mol. The molecule has 0 aromatic heterocycles. The van der Waals surface area contributed by atoms with Gasteiger partial charge >= 0.3 is 39.7 Å². The Morgan fingerprint density at radius 1 is 1.29 bits per heavy atom. The third-order valence-corrected chi connectivity index (χ3v) is 3.07. The third-order valence-electron chi connectivity index (χ3n) is 1.44. The standard InChI is InChI=1S/C7H7ClO6S2.Na.H/c1-15(9,10)14-7-3-2-5(4-6(7)8)16(11,12)13;;/h2-4H,1H3,(H,11,12,13);;/q;+1;-1. The van der Waals surface area contributed by atoms with Crippen LogP contribution in [0.2, 0.25) is 5.02 Å². The summed E-state index contributed by atoms with van der Waals surface area (Å²) in [4.78, 5) is -0.446. The zero-order valence-electron chi connectivity index (χ0n) is 9.91. The molecule has 1 rings (SSSR count). The molecule has 0 heterocycles. The molecule has 0 fully saturated rings. The molecule has 0 saturated heterocycles. The first kappa shape index (κ1) is 17.2. The van der Waals surface area contributed by atoms with E-state index in [4.69, 9.17) is 16.2 Å². The molecule has 0 aliphatic rings. The fourth-order valence-corrected chi connectivity index (χ4v) is 2.18. The van der Waals surface area contributed by atoms with Crippen molar-refractivity contribution in [2.75, 3.05) is 6.26 Å². The molecule has 1 N–H and O–H groups in total. The quantitative estimate of drug-likeness (QED) is 0.395. The Labute approximate surface area is 128 Å². The molecule has 6 nitrogen and oxygen atoms in total. The topological polar surface area (TPSA) is 97.7 Å². The fraction of sp³-hybridized carbons (Fsp3) is 0.143. The Balaban J connectivity index is 0. The molecule has 0 spiro atoms. The molecule has 0 saturated carbocycles. The summed E-state index contributed by atoms with van der Waals surface area (Å²) in [5, 5.41) is -0.236. The second-order valence-electron chi connectivity index (χ2n) is 2.85. The average Bonchev–Trinajstić information content (AvgIpc) is 2.04. The van der Waals surface area contributed by atoms with Crippen molar-refractivity contribution in [3.05, 3.63) is 23.2 Å². The van der Waals surface area contributed by atoms with Gasteiger partial charge in [0.25, 0.3) is 10.1 Å². The molecule has 0 aliphatic heterocycles. The summed E-state index contributed by atoms with van der Waals surface area (Å²) in [5.41, 5.74) is 0. The number of benzene rings is 1. The van der Waals surface area contributed by atoms with Crippen LogP contribution in [0.15, 0.2) is 23.1 Å². The number of hydrogen-bond donors (Lipinski definition) is 1. The van der Waals surface area contributed by atoms with E-state index in [0.29, 0.717) is 0 Å². The van der Waals surface area contributed by atoms with Gasteiger partial charge in [0.05, 0.1) is 16.2 Å². The molecule has 1 aromatic rings. The zero-order chi connectivity index (χ0) is 12.6. The Kier molecular flexibility index (Phi) is 5.93. The van der Waals surface area contributed by atoms with Crippen molar-refractivity contribution in [3.8, 4) is 5.75 Å². The van der Waals surface area contributed by atoms with Crippen LogP contribution in [0.3, 0.4) is 0 Å². The van der Waals surface area contributed by atoms with Gasteiger partial charge in [-0.05, 0) is 18.2 Å². The Morgan fingerprint density at radius 2 is 1.82 bits per heavy atom. The van der Waals surface area contributed by atoms with E-state index < -0.39 is 25.1 Å². The summed E-state index contributed by atoms with van der Waals surface area (Å²) < 4.78 is 56.2. The average molecular weight is 311 g/mol. The van der Waals surface area contributed by atoms with Gasteiger partial charge in [0.1, 0.15) is 0 Å². The molecular formula is C7H8ClNaO6S2. The number of hydrogen-bond acceptors (Lipinski definition) is 5. The van der Waals surface area contributed by atoms with Gasteiger partial charge in [-0.1, -0.05) is 11.6 Å². The summed E-state index contributed by atoms with van der Waals surface area (Å²) >= 11 is 5.58. The Hall–Kier alpha value is 0.170. The van der Waals surface area contributed by atoms with Crippen LogP contribution in [0.25, 0.3) is 0 Å². The molecule has 0 unspecified atom stereocenters. The summed E-state index contributed by atoms with van der Waals surface area (Å²) in [6, 6.07) is 2.89. The molecule has 0 bridgehead atoms. The summed E-state index contributed by atoms with van der Waals surface area (Å²) in [6.07, 6.45) is 0.819. The molecule has 92 valence electrons. The maximum absolute atomic E-state index is 10.8. The normalized spacial score (nSPS) is 11.7. The van der Waals surface area contributed by atoms with E-state index in [-0.39, 0.29) is 41.8 Å². The van der Waals surface area contributed by atoms with E-state index in [0.717, 1.165) is 24.5 Å². The SMILES string of the molecule is CS(=O)(=O)Oc1ccc(S(=O)(=O)O)cc1Cl.[H-].[Na+]. The van der Waals surface area contributed by atoms with Gasteiger partial charge in [-0.15, -0.1) is 0 Å². The van der Waals surface area contributed by atoms with E-state index >= 15 is 0 Å². The van der Waals surface area contributed by atoms with Gasteiger partial charge in [-0.25, -0.2) is 0 Å². The Bertz CT molecular complexity index is 615. The van der Waals surface area contributed by atoms with Crippen LogP contribution < -0.4 is 33.7 Å². The molecule has 0 atom stereocenters. The van der Waals surface area contributed by atoms with Crippen LogP contribution in [-0.2, 0) is 20.2 Å². The second kappa shape index (κ2) is 5.87. The summed E-state index contributed by atoms with van der Waals surface area (Å²) in [7, 11) is -8.12. The van der Waals surface area contributed by atoms with Crippen LogP contribution in [0.5, 0.6) is 5.75 Å². The second-order valence-corrected chi connectivity index (χ2v) is 6.26. The minimum atomic E-state index is -4.38. The molecule has 1 aromatic carbocycles. The third kappa shape index (κ3) is 5.56. The van der Waals surface area contributed by atoms with Gasteiger partial charge in [0.2, 0.25) is 0 Å². The molecule has 17 heavy (non-hydrogen) atoms. The van der Waals surface area contributed by atoms with E-state index in [1.807, 2.05) is 0 Å². The van der Waals surface area contributed by atoms with Gasteiger partial charge in [0, 0.05) is 0 Å². The first-order chi connectivity index (χ1) is 7.09. The van der Waals surface area contributed by atoms with Crippen molar-refractivity contribution >= 4 is 31.8 Å². The van der Waals surface area contributed by atoms with Crippen molar-refractivity contribution < 1.29 is 56.6 Å². The Morgan fingerprint density at radius 3 is 2.18 bits per heavy atom. The smallest absolute Gasteiger partial charge is 1.00 e. The van der Waals surface area contributed by atoms with Gasteiger partial charge in [-0.3, -0.25) is 4.55 Å². The summed E-state index contributed by atoms with van der Waals surface area (Å²) in [5.74, 6) is -0.212. The summed E-state index contributed by atoms with van der Waals surface area (Å²) in [6.45, 7) is 0. The van der Waals surface area contributed by atoms with E-state index in [9.17, 15) is 16.8 Å². The van der Waals surface area contributed by atoms with Crippen molar-refractivity contribution in [3.63, 3.8) is 0 Å². The first-order valence-corrected chi connectivity index (χ1v) is 7.39. The van der Waals surface area contributed by atoms with E-state index in [1.165, 1.54) is 0 Å². The van der Waals surface area contributed by atoms with Crippen LogP contribution in [0.4, 0.5) is 0 Å². The minimum absolute atomic E-state index is 0. The minimum Gasteiger partial charge on any atom is -1.00 e. The molecular weight excluding hydrogens is 303 g/mol. The largest absolute Gasteiger partial charge is 1.00 e. The molecule has 10 heteroatoms. The first-order valence-electron chi connectivity index (χ1n) is 3.76. The number of rotatable bonds is 3. The fourth-order valence-electron chi connectivity index (χ4n) is 0.873. The molecule has 0 amide bonds. The van der Waals surface area contributed by atoms with Crippen molar-refractivity contribution in [1.29, 1.82) is 0 Å². The van der Waals surface area contributed by atoms with Crippen LogP contribution in [0.1, 0.15) is 1.43 Å². The molecule has 0 radical (unpaired) electrons. The predicted molar refractivity (Wildman–Crippen MR) is 57.9 cm³/mol. The van der Waals surface area contributed by atoms with Gasteiger partial charge in [-0.2, -0.15) is 16.8 Å².